The number of anilines is 1. The number of pyridine rings is 1. The Bertz CT molecular complexity index is 1160. The summed E-state index contributed by atoms with van der Waals surface area (Å²) in [4.78, 5) is 16.3. The Morgan fingerprint density at radius 2 is 1.70 bits per heavy atom. The van der Waals surface area contributed by atoms with Crippen molar-refractivity contribution in [3.8, 4) is 11.6 Å². The summed E-state index contributed by atoms with van der Waals surface area (Å²) in [6, 6.07) is 16.7. The van der Waals surface area contributed by atoms with Crippen LogP contribution in [0.4, 0.5) is 5.69 Å². The van der Waals surface area contributed by atoms with Crippen LogP contribution >= 0.6 is 0 Å². The van der Waals surface area contributed by atoms with Crippen LogP contribution in [0.3, 0.4) is 0 Å². The van der Waals surface area contributed by atoms with Crippen LogP contribution in [0.1, 0.15) is 43.1 Å². The van der Waals surface area contributed by atoms with Gasteiger partial charge in [-0.3, -0.25) is 9.52 Å². The molecule has 8 heteroatoms. The van der Waals surface area contributed by atoms with Crippen molar-refractivity contribution in [3.63, 3.8) is 0 Å². The molecule has 0 bridgehead atoms. The fourth-order valence-corrected chi connectivity index (χ4v) is 4.18. The first kappa shape index (κ1) is 24.3. The molecular formula is C25H29N3O4S. The molecule has 3 rings (SSSR count). The summed E-state index contributed by atoms with van der Waals surface area (Å²) in [5, 5.41) is 2.79. The van der Waals surface area contributed by atoms with E-state index in [0.29, 0.717) is 35.3 Å². The van der Waals surface area contributed by atoms with E-state index in [0.717, 1.165) is 18.4 Å². The van der Waals surface area contributed by atoms with Crippen molar-refractivity contribution in [3.05, 3.63) is 78.0 Å². The summed E-state index contributed by atoms with van der Waals surface area (Å²) in [5.74, 6) is 1.15. The van der Waals surface area contributed by atoms with Crippen molar-refractivity contribution in [1.82, 2.24) is 10.3 Å². The highest BCUT2D eigenvalue weighted by atomic mass is 32.2. The summed E-state index contributed by atoms with van der Waals surface area (Å²) in [7, 11) is -3.69. The molecule has 0 aliphatic rings. The number of hydrogen-bond donors (Lipinski definition) is 2. The van der Waals surface area contributed by atoms with Crippen LogP contribution in [0.15, 0.2) is 71.8 Å². The van der Waals surface area contributed by atoms with Gasteiger partial charge in [0.1, 0.15) is 5.75 Å². The first-order valence-corrected chi connectivity index (χ1v) is 12.4. The summed E-state index contributed by atoms with van der Waals surface area (Å²) in [5.41, 5.74) is 1.98. The minimum Gasteiger partial charge on any atom is -0.439 e. The maximum absolute atomic E-state index is 12.7. The molecule has 0 atom stereocenters. The van der Waals surface area contributed by atoms with E-state index >= 15 is 0 Å². The van der Waals surface area contributed by atoms with Crippen LogP contribution in [0.5, 0.6) is 11.6 Å². The zero-order valence-corrected chi connectivity index (χ0v) is 19.9. The van der Waals surface area contributed by atoms with Gasteiger partial charge in [0, 0.05) is 24.5 Å². The molecule has 0 fully saturated rings. The molecule has 174 valence electrons. The predicted molar refractivity (Wildman–Crippen MR) is 129 cm³/mol. The van der Waals surface area contributed by atoms with E-state index in [-0.39, 0.29) is 10.8 Å². The fraction of sp³-hybridized carbons (Fsp3) is 0.280. The number of rotatable bonds is 10. The Labute approximate surface area is 195 Å². The average Bonchev–Trinajstić information content (AvgIpc) is 2.79. The Kier molecular flexibility index (Phi) is 8.06. The second-order valence-electron chi connectivity index (χ2n) is 8.11. The molecule has 2 N–H and O–H groups in total. The predicted octanol–water partition coefficient (Wildman–Crippen LogP) is 5.01. The van der Waals surface area contributed by atoms with Crippen molar-refractivity contribution in [2.75, 3.05) is 11.3 Å². The maximum atomic E-state index is 12.7. The van der Waals surface area contributed by atoms with Gasteiger partial charge in [0.05, 0.1) is 10.5 Å². The summed E-state index contributed by atoms with van der Waals surface area (Å²) >= 11 is 0. The highest BCUT2D eigenvalue weighted by Gasteiger charge is 2.14. The minimum atomic E-state index is -3.69. The standard InChI is InChI=1S/C25H29N3O4S/c1-4-15-26-25(29)20-7-14-24(27-17-20)32-22-10-8-21(9-11-22)28-33(30,31)23-12-5-19(6-13-23)16-18(2)3/h5-14,17-18,28H,4,15-16H2,1-3H3,(H,26,29). The summed E-state index contributed by atoms with van der Waals surface area (Å²) in [6.07, 6.45) is 3.21. The summed E-state index contributed by atoms with van der Waals surface area (Å²) in [6.45, 7) is 6.84. The van der Waals surface area contributed by atoms with Gasteiger partial charge in [0.2, 0.25) is 5.88 Å². The number of nitrogens with one attached hydrogen (secondary N) is 2. The lowest BCUT2D eigenvalue weighted by Crippen LogP contribution is -2.23. The first-order chi connectivity index (χ1) is 15.8. The van der Waals surface area contributed by atoms with E-state index in [9.17, 15) is 13.2 Å². The lowest BCUT2D eigenvalue weighted by atomic mass is 10.0. The molecule has 0 unspecified atom stereocenters. The summed E-state index contributed by atoms with van der Waals surface area (Å²) < 4.78 is 33.6. The number of carbonyl (C=O) groups excluding carboxylic acids is 1. The topological polar surface area (TPSA) is 97.4 Å². The number of nitrogens with zero attached hydrogens (tertiary/aromatic N) is 1. The second kappa shape index (κ2) is 11.0. The number of benzene rings is 2. The molecule has 1 amide bonds. The normalized spacial score (nSPS) is 11.3. The van der Waals surface area contributed by atoms with Crippen LogP contribution in [0.2, 0.25) is 0 Å². The molecule has 1 aromatic heterocycles. The molecule has 1 heterocycles. The van der Waals surface area contributed by atoms with Crippen molar-refractivity contribution < 1.29 is 17.9 Å². The van der Waals surface area contributed by atoms with Gasteiger partial charge < -0.3 is 10.1 Å². The van der Waals surface area contributed by atoms with Gasteiger partial charge in [-0.05, 0) is 66.8 Å². The van der Waals surface area contributed by atoms with Gasteiger partial charge >= 0.3 is 0 Å². The van der Waals surface area contributed by atoms with Crippen LogP contribution in [-0.2, 0) is 16.4 Å². The highest BCUT2D eigenvalue weighted by molar-refractivity contribution is 7.92. The maximum Gasteiger partial charge on any atom is 0.261 e. The number of amides is 1. The Balaban J connectivity index is 1.61. The molecule has 0 saturated carbocycles. The number of hydrogen-bond acceptors (Lipinski definition) is 5. The van der Waals surface area contributed by atoms with Gasteiger partial charge in [0.25, 0.3) is 15.9 Å². The van der Waals surface area contributed by atoms with Gasteiger partial charge in [-0.25, -0.2) is 13.4 Å². The Hall–Kier alpha value is -3.39. The lowest BCUT2D eigenvalue weighted by Gasteiger charge is -2.11. The van der Waals surface area contributed by atoms with E-state index in [1.807, 2.05) is 19.1 Å². The third-order valence-electron chi connectivity index (χ3n) is 4.74. The zero-order chi connectivity index (χ0) is 23.8. The fourth-order valence-electron chi connectivity index (χ4n) is 3.12. The van der Waals surface area contributed by atoms with Gasteiger partial charge in [-0.1, -0.05) is 32.9 Å². The third kappa shape index (κ3) is 7.05. The van der Waals surface area contributed by atoms with Crippen molar-refractivity contribution >= 4 is 21.6 Å². The molecule has 0 spiro atoms. The van der Waals surface area contributed by atoms with E-state index in [2.05, 4.69) is 28.9 Å². The molecule has 0 radical (unpaired) electrons. The third-order valence-corrected chi connectivity index (χ3v) is 6.14. The van der Waals surface area contributed by atoms with Gasteiger partial charge in [-0.2, -0.15) is 0 Å². The molecule has 3 aromatic rings. The first-order valence-electron chi connectivity index (χ1n) is 10.9. The quantitative estimate of drug-likeness (QED) is 0.437. The lowest BCUT2D eigenvalue weighted by molar-refractivity contribution is 0.0953. The Morgan fingerprint density at radius 1 is 1.00 bits per heavy atom. The second-order valence-corrected chi connectivity index (χ2v) is 9.80. The number of aromatic nitrogens is 1. The molecule has 2 aromatic carbocycles. The molecule has 0 aliphatic heterocycles. The molecular weight excluding hydrogens is 438 g/mol. The average molecular weight is 468 g/mol. The largest absolute Gasteiger partial charge is 0.439 e. The highest BCUT2D eigenvalue weighted by Crippen LogP contribution is 2.23. The van der Waals surface area contributed by atoms with Crippen LogP contribution in [-0.4, -0.2) is 25.9 Å². The van der Waals surface area contributed by atoms with E-state index in [4.69, 9.17) is 4.74 Å². The van der Waals surface area contributed by atoms with Gasteiger partial charge in [0.15, 0.2) is 0 Å². The molecule has 0 aliphatic carbocycles. The van der Waals surface area contributed by atoms with Gasteiger partial charge in [-0.15, -0.1) is 0 Å². The number of sulfonamides is 1. The zero-order valence-electron chi connectivity index (χ0n) is 19.0. The minimum absolute atomic E-state index is 0.179. The van der Waals surface area contributed by atoms with Crippen molar-refractivity contribution in [2.45, 2.75) is 38.5 Å². The van der Waals surface area contributed by atoms with E-state index < -0.39 is 10.0 Å². The monoisotopic (exact) mass is 467 g/mol. The van der Waals surface area contributed by atoms with E-state index in [1.165, 1.54) is 6.20 Å². The van der Waals surface area contributed by atoms with Crippen molar-refractivity contribution in [2.24, 2.45) is 5.92 Å². The number of carbonyl (C=O) groups is 1. The van der Waals surface area contributed by atoms with Crippen LogP contribution < -0.4 is 14.8 Å². The van der Waals surface area contributed by atoms with E-state index in [1.54, 1.807) is 48.5 Å². The Morgan fingerprint density at radius 3 is 2.27 bits per heavy atom. The SMILES string of the molecule is CCCNC(=O)c1ccc(Oc2ccc(NS(=O)(=O)c3ccc(CC(C)C)cc3)cc2)nc1. The molecule has 33 heavy (non-hydrogen) atoms. The smallest absolute Gasteiger partial charge is 0.261 e. The van der Waals surface area contributed by atoms with Crippen LogP contribution in [0, 0.1) is 5.92 Å². The molecule has 7 nitrogen and oxygen atoms in total. The van der Waals surface area contributed by atoms with Crippen molar-refractivity contribution in [1.29, 1.82) is 0 Å². The number of ether oxygens (including phenoxy) is 1. The van der Waals surface area contributed by atoms with Crippen LogP contribution in [0.25, 0.3) is 0 Å². The molecule has 0 saturated heterocycles.